The average Bonchev–Trinajstić information content (AvgIpc) is 2.33. The molecular weight excluding hydrogens is 245 g/mol. The highest BCUT2D eigenvalue weighted by Gasteiger charge is 2.37. The topological polar surface area (TPSA) is 26.3 Å². The van der Waals surface area contributed by atoms with E-state index in [1.807, 2.05) is 6.92 Å². The van der Waals surface area contributed by atoms with Gasteiger partial charge in [-0.2, -0.15) is 13.2 Å². The third-order valence-electron chi connectivity index (χ3n) is 2.47. The fraction of sp³-hybridized carbons (Fsp3) is 0.462. The van der Waals surface area contributed by atoms with Crippen LogP contribution in [0.4, 0.5) is 13.2 Å². The molecule has 5 heteroatoms. The number of hydrogen-bond donors (Lipinski definition) is 0. The summed E-state index contributed by atoms with van der Waals surface area (Å²) in [6.45, 7) is 2.22. The molecule has 0 atom stereocenters. The molecule has 0 bridgehead atoms. The lowest BCUT2D eigenvalue weighted by atomic mass is 10.1. The highest BCUT2D eigenvalue weighted by atomic mass is 19.4. The zero-order valence-corrected chi connectivity index (χ0v) is 10.1. The highest BCUT2D eigenvalue weighted by Crippen LogP contribution is 2.38. The molecule has 100 valence electrons. The van der Waals surface area contributed by atoms with Crippen molar-refractivity contribution in [1.29, 1.82) is 0 Å². The summed E-state index contributed by atoms with van der Waals surface area (Å²) in [7, 11) is 0. The van der Waals surface area contributed by atoms with E-state index < -0.39 is 17.3 Å². The summed E-state index contributed by atoms with van der Waals surface area (Å²) >= 11 is 0. The zero-order valence-electron chi connectivity index (χ0n) is 10.1. The lowest BCUT2D eigenvalue weighted by molar-refractivity contribution is -0.139. The van der Waals surface area contributed by atoms with Gasteiger partial charge in [0.05, 0.1) is 6.61 Å². The maximum Gasteiger partial charge on any atom is 0.420 e. The Kier molecular flexibility index (Phi) is 5.19. The van der Waals surface area contributed by atoms with Crippen LogP contribution < -0.4 is 4.74 Å². The van der Waals surface area contributed by atoms with Gasteiger partial charge in [0.25, 0.3) is 0 Å². The second-order valence-corrected chi connectivity index (χ2v) is 3.89. The summed E-state index contributed by atoms with van der Waals surface area (Å²) in [5.74, 6) is -0.275. The number of carbonyl (C=O) groups is 1. The van der Waals surface area contributed by atoms with Crippen molar-refractivity contribution in [3.8, 4) is 5.75 Å². The van der Waals surface area contributed by atoms with Gasteiger partial charge in [-0.1, -0.05) is 31.9 Å². The standard InChI is InChI=1S/C13H15F3O2/c1-2-3-4-8-18-11-7-5-6-10(9-17)12(11)13(14,15)16/h5-7,9H,2-4,8H2,1H3. The van der Waals surface area contributed by atoms with Crippen LogP contribution in [0.5, 0.6) is 5.75 Å². The molecule has 2 nitrogen and oxygen atoms in total. The molecule has 0 N–H and O–H groups in total. The molecule has 1 aromatic rings. The van der Waals surface area contributed by atoms with Crippen LogP contribution in [0, 0.1) is 0 Å². The summed E-state index contributed by atoms with van der Waals surface area (Å²) in [6, 6.07) is 3.75. The quantitative estimate of drug-likeness (QED) is 0.569. The van der Waals surface area contributed by atoms with Crippen molar-refractivity contribution in [2.24, 2.45) is 0 Å². The Bertz CT molecular complexity index is 400. The van der Waals surface area contributed by atoms with Crippen LogP contribution in [0.1, 0.15) is 42.1 Å². The van der Waals surface area contributed by atoms with Gasteiger partial charge >= 0.3 is 6.18 Å². The van der Waals surface area contributed by atoms with Crippen molar-refractivity contribution < 1.29 is 22.7 Å². The molecule has 0 aromatic heterocycles. The number of alkyl halides is 3. The second-order valence-electron chi connectivity index (χ2n) is 3.89. The number of benzene rings is 1. The van der Waals surface area contributed by atoms with Crippen LogP contribution in [0.25, 0.3) is 0 Å². The number of unbranched alkanes of at least 4 members (excludes halogenated alkanes) is 2. The minimum Gasteiger partial charge on any atom is -0.493 e. The summed E-state index contributed by atoms with van der Waals surface area (Å²) in [4.78, 5) is 10.6. The van der Waals surface area contributed by atoms with Crippen LogP contribution in [-0.4, -0.2) is 12.9 Å². The van der Waals surface area contributed by atoms with E-state index in [2.05, 4.69) is 0 Å². The number of halogens is 3. The van der Waals surface area contributed by atoms with Crippen LogP contribution in [-0.2, 0) is 6.18 Å². The smallest absolute Gasteiger partial charge is 0.420 e. The molecule has 0 fully saturated rings. The minimum absolute atomic E-state index is 0.196. The SMILES string of the molecule is CCCCCOc1cccc(C=O)c1C(F)(F)F. The van der Waals surface area contributed by atoms with Crippen LogP contribution in [0.2, 0.25) is 0 Å². The Morgan fingerprint density at radius 1 is 1.28 bits per heavy atom. The van der Waals surface area contributed by atoms with E-state index in [0.29, 0.717) is 6.42 Å². The molecule has 0 radical (unpaired) electrons. The summed E-state index contributed by atoms with van der Waals surface area (Å²) in [5, 5.41) is 0. The van der Waals surface area contributed by atoms with Gasteiger partial charge in [-0.05, 0) is 12.5 Å². The van der Waals surface area contributed by atoms with Gasteiger partial charge in [0, 0.05) is 5.56 Å². The lowest BCUT2D eigenvalue weighted by Crippen LogP contribution is -2.12. The van der Waals surface area contributed by atoms with Crippen LogP contribution >= 0.6 is 0 Å². The molecule has 0 heterocycles. The highest BCUT2D eigenvalue weighted by molar-refractivity contribution is 5.79. The van der Waals surface area contributed by atoms with Crippen molar-refractivity contribution >= 4 is 6.29 Å². The van der Waals surface area contributed by atoms with E-state index in [0.717, 1.165) is 18.9 Å². The fourth-order valence-corrected chi connectivity index (χ4v) is 1.60. The first-order valence-corrected chi connectivity index (χ1v) is 5.79. The molecule has 0 amide bonds. The normalized spacial score (nSPS) is 11.3. The number of hydrogen-bond acceptors (Lipinski definition) is 2. The molecule has 0 aliphatic heterocycles. The number of aldehydes is 1. The fourth-order valence-electron chi connectivity index (χ4n) is 1.60. The zero-order chi connectivity index (χ0) is 13.6. The van der Waals surface area contributed by atoms with Crippen molar-refractivity contribution in [3.05, 3.63) is 29.3 Å². The molecule has 0 spiro atoms. The summed E-state index contributed by atoms with van der Waals surface area (Å²) < 4.78 is 43.6. The maximum atomic E-state index is 12.8. The molecular formula is C13H15F3O2. The van der Waals surface area contributed by atoms with Crippen molar-refractivity contribution in [2.75, 3.05) is 6.61 Å². The van der Waals surface area contributed by atoms with Gasteiger partial charge in [-0.3, -0.25) is 4.79 Å². The van der Waals surface area contributed by atoms with E-state index >= 15 is 0 Å². The van der Waals surface area contributed by atoms with Gasteiger partial charge in [0.1, 0.15) is 11.3 Å². The largest absolute Gasteiger partial charge is 0.493 e. The van der Waals surface area contributed by atoms with Crippen molar-refractivity contribution in [2.45, 2.75) is 32.4 Å². The van der Waals surface area contributed by atoms with E-state index in [1.165, 1.54) is 12.1 Å². The lowest BCUT2D eigenvalue weighted by Gasteiger charge is -2.15. The van der Waals surface area contributed by atoms with Gasteiger partial charge in [0.2, 0.25) is 0 Å². The molecule has 18 heavy (non-hydrogen) atoms. The Hall–Kier alpha value is -1.52. The van der Waals surface area contributed by atoms with E-state index in [-0.39, 0.29) is 18.6 Å². The predicted octanol–water partition coefficient (Wildman–Crippen LogP) is 4.09. The average molecular weight is 260 g/mol. The maximum absolute atomic E-state index is 12.8. The molecule has 0 unspecified atom stereocenters. The monoisotopic (exact) mass is 260 g/mol. The Balaban J connectivity index is 2.93. The second kappa shape index (κ2) is 6.42. The van der Waals surface area contributed by atoms with Crippen LogP contribution in [0.15, 0.2) is 18.2 Å². The number of carbonyl (C=O) groups excluding carboxylic acids is 1. The minimum atomic E-state index is -4.59. The Morgan fingerprint density at radius 3 is 2.56 bits per heavy atom. The molecule has 0 aliphatic rings. The molecule has 0 saturated heterocycles. The first kappa shape index (κ1) is 14.5. The first-order valence-electron chi connectivity index (χ1n) is 5.79. The van der Waals surface area contributed by atoms with Gasteiger partial charge in [-0.25, -0.2) is 0 Å². The first-order chi connectivity index (χ1) is 8.50. The molecule has 0 aliphatic carbocycles. The number of rotatable bonds is 6. The number of ether oxygens (including phenoxy) is 1. The predicted molar refractivity (Wildman–Crippen MR) is 61.9 cm³/mol. The molecule has 1 aromatic carbocycles. The Labute approximate surface area is 104 Å². The summed E-state index contributed by atoms with van der Waals surface area (Å²) in [6.07, 6.45) is -1.84. The van der Waals surface area contributed by atoms with E-state index in [1.54, 1.807) is 0 Å². The van der Waals surface area contributed by atoms with E-state index in [4.69, 9.17) is 4.74 Å². The Morgan fingerprint density at radius 2 is 2.00 bits per heavy atom. The molecule has 0 saturated carbocycles. The van der Waals surface area contributed by atoms with E-state index in [9.17, 15) is 18.0 Å². The third kappa shape index (κ3) is 3.75. The molecule has 1 rings (SSSR count). The van der Waals surface area contributed by atoms with Gasteiger partial charge in [-0.15, -0.1) is 0 Å². The van der Waals surface area contributed by atoms with Crippen molar-refractivity contribution in [1.82, 2.24) is 0 Å². The third-order valence-corrected chi connectivity index (χ3v) is 2.47. The summed E-state index contributed by atoms with van der Waals surface area (Å²) in [5.41, 5.74) is -1.38. The van der Waals surface area contributed by atoms with Gasteiger partial charge < -0.3 is 4.74 Å². The van der Waals surface area contributed by atoms with Crippen molar-refractivity contribution in [3.63, 3.8) is 0 Å². The van der Waals surface area contributed by atoms with Crippen LogP contribution in [0.3, 0.4) is 0 Å². The van der Waals surface area contributed by atoms with Gasteiger partial charge in [0.15, 0.2) is 6.29 Å².